The summed E-state index contributed by atoms with van der Waals surface area (Å²) in [5, 5.41) is 2.90. The molecule has 0 bridgehead atoms. The topological polar surface area (TPSA) is 59.2 Å². The predicted octanol–water partition coefficient (Wildman–Crippen LogP) is 2.75. The molecule has 0 aromatic carbocycles. The van der Waals surface area contributed by atoms with E-state index >= 15 is 0 Å². The van der Waals surface area contributed by atoms with Gasteiger partial charge >= 0.3 is 0 Å². The molecular weight excluding hydrogens is 270 g/mol. The minimum Gasteiger partial charge on any atom is -0.364 e. The highest BCUT2D eigenvalue weighted by molar-refractivity contribution is 7.09. The van der Waals surface area contributed by atoms with Gasteiger partial charge < -0.3 is 10.6 Å². The molecular formula is C15H23N3OS. The third-order valence-corrected chi connectivity index (χ3v) is 5.75. The van der Waals surface area contributed by atoms with E-state index in [-0.39, 0.29) is 0 Å². The van der Waals surface area contributed by atoms with Crippen LogP contribution in [0.1, 0.15) is 66.4 Å². The highest BCUT2D eigenvalue weighted by Crippen LogP contribution is 2.33. The van der Waals surface area contributed by atoms with Crippen LogP contribution < -0.4 is 5.73 Å². The van der Waals surface area contributed by atoms with E-state index in [0.29, 0.717) is 11.6 Å². The molecule has 1 aliphatic heterocycles. The predicted molar refractivity (Wildman–Crippen MR) is 81.1 cm³/mol. The molecule has 2 aliphatic rings. The fourth-order valence-corrected chi connectivity index (χ4v) is 4.53. The number of nitrogens with zero attached hydrogens (tertiary/aromatic N) is 2. The Morgan fingerprint density at radius 3 is 2.50 bits per heavy atom. The third-order valence-electron chi connectivity index (χ3n) is 4.74. The lowest BCUT2D eigenvalue weighted by molar-refractivity contribution is 0.0995. The van der Waals surface area contributed by atoms with E-state index in [1.165, 1.54) is 58.0 Å². The zero-order valence-electron chi connectivity index (χ0n) is 11.9. The summed E-state index contributed by atoms with van der Waals surface area (Å²) in [5.41, 5.74) is 5.70. The van der Waals surface area contributed by atoms with Gasteiger partial charge in [0.15, 0.2) is 0 Å². The number of piperidine rings is 1. The van der Waals surface area contributed by atoms with Crippen LogP contribution in [-0.4, -0.2) is 34.9 Å². The average Bonchev–Trinajstić information content (AvgIpc) is 2.98. The van der Waals surface area contributed by atoms with Crippen LogP contribution in [0.5, 0.6) is 0 Å². The normalized spacial score (nSPS) is 23.0. The number of rotatable bonds is 3. The fraction of sp³-hybridized carbons (Fsp3) is 0.733. The Hall–Kier alpha value is -0.940. The van der Waals surface area contributed by atoms with Crippen molar-refractivity contribution in [1.82, 2.24) is 9.88 Å². The Bertz CT molecular complexity index is 459. The Balaban J connectivity index is 1.56. The van der Waals surface area contributed by atoms with Crippen LogP contribution in [0, 0.1) is 0 Å². The summed E-state index contributed by atoms with van der Waals surface area (Å²) in [6.07, 6.45) is 9.33. The first kappa shape index (κ1) is 14.0. The van der Waals surface area contributed by atoms with Crippen molar-refractivity contribution in [3.8, 4) is 0 Å². The van der Waals surface area contributed by atoms with Gasteiger partial charge in [0.2, 0.25) is 0 Å². The van der Waals surface area contributed by atoms with Crippen molar-refractivity contribution < 1.29 is 4.79 Å². The molecule has 2 fully saturated rings. The summed E-state index contributed by atoms with van der Waals surface area (Å²) in [5.74, 6) is 0.111. The lowest BCUT2D eigenvalue weighted by Gasteiger charge is -2.38. The standard InChI is InChI=1S/C15H23N3OS/c16-14(19)13-10-20-15(17-13)11-6-8-18(9-7-11)12-4-2-1-3-5-12/h10-12H,1-9H2,(H2,16,19). The zero-order valence-corrected chi connectivity index (χ0v) is 12.7. The van der Waals surface area contributed by atoms with Crippen molar-refractivity contribution in [2.24, 2.45) is 5.73 Å². The van der Waals surface area contributed by atoms with E-state index in [4.69, 9.17) is 5.73 Å². The van der Waals surface area contributed by atoms with Crippen LogP contribution in [0.2, 0.25) is 0 Å². The molecule has 0 spiro atoms. The number of carbonyl (C=O) groups is 1. The molecule has 1 aliphatic carbocycles. The summed E-state index contributed by atoms with van der Waals surface area (Å²) in [6.45, 7) is 2.36. The van der Waals surface area contributed by atoms with Gasteiger partial charge in [0.25, 0.3) is 5.91 Å². The molecule has 1 amide bonds. The summed E-state index contributed by atoms with van der Waals surface area (Å²) < 4.78 is 0. The molecule has 1 aromatic heterocycles. The Kier molecular flexibility index (Phi) is 4.36. The van der Waals surface area contributed by atoms with Crippen LogP contribution in [0.3, 0.4) is 0 Å². The highest BCUT2D eigenvalue weighted by Gasteiger charge is 2.28. The number of thiazole rings is 1. The Labute approximate surface area is 124 Å². The number of nitrogens with two attached hydrogens (primary N) is 1. The second kappa shape index (κ2) is 6.22. The smallest absolute Gasteiger partial charge is 0.268 e. The number of carbonyl (C=O) groups excluding carboxylic acids is 1. The number of primary amides is 1. The van der Waals surface area contributed by atoms with Crippen LogP contribution in [0.25, 0.3) is 0 Å². The summed E-state index contributed by atoms with van der Waals surface area (Å²) in [6, 6.07) is 0.821. The number of aromatic nitrogens is 1. The fourth-order valence-electron chi connectivity index (χ4n) is 3.55. The minimum absolute atomic E-state index is 0.410. The molecule has 5 heteroatoms. The molecule has 20 heavy (non-hydrogen) atoms. The van der Waals surface area contributed by atoms with Crippen LogP contribution in [0.15, 0.2) is 5.38 Å². The Morgan fingerprint density at radius 2 is 1.90 bits per heavy atom. The monoisotopic (exact) mass is 293 g/mol. The van der Waals surface area contributed by atoms with Gasteiger partial charge in [-0.15, -0.1) is 11.3 Å². The molecule has 1 aromatic rings. The molecule has 3 rings (SSSR count). The van der Waals surface area contributed by atoms with Gasteiger partial charge in [-0.1, -0.05) is 19.3 Å². The maximum Gasteiger partial charge on any atom is 0.268 e. The molecule has 0 atom stereocenters. The van der Waals surface area contributed by atoms with Gasteiger partial charge in [0.1, 0.15) is 5.69 Å². The SMILES string of the molecule is NC(=O)c1csc(C2CCN(C3CCCCC3)CC2)n1. The lowest BCUT2D eigenvalue weighted by atomic mass is 9.90. The van der Waals surface area contributed by atoms with Crippen molar-refractivity contribution >= 4 is 17.2 Å². The maximum atomic E-state index is 11.1. The summed E-state index contributed by atoms with van der Waals surface area (Å²) in [7, 11) is 0. The first-order chi connectivity index (χ1) is 9.74. The van der Waals surface area contributed by atoms with Crippen LogP contribution >= 0.6 is 11.3 Å². The van der Waals surface area contributed by atoms with Crippen LogP contribution in [-0.2, 0) is 0 Å². The van der Waals surface area contributed by atoms with E-state index in [0.717, 1.165) is 11.0 Å². The zero-order chi connectivity index (χ0) is 13.9. The first-order valence-electron chi connectivity index (χ1n) is 7.73. The number of likely N-dealkylation sites (tertiary alicyclic amines) is 1. The van der Waals surface area contributed by atoms with Gasteiger partial charge in [0, 0.05) is 17.3 Å². The third kappa shape index (κ3) is 3.04. The van der Waals surface area contributed by atoms with E-state index in [2.05, 4.69) is 9.88 Å². The number of amides is 1. The summed E-state index contributed by atoms with van der Waals surface area (Å²) in [4.78, 5) is 18.2. The molecule has 4 nitrogen and oxygen atoms in total. The Morgan fingerprint density at radius 1 is 1.20 bits per heavy atom. The number of hydrogen-bond donors (Lipinski definition) is 1. The lowest BCUT2D eigenvalue weighted by Crippen LogP contribution is -2.41. The largest absolute Gasteiger partial charge is 0.364 e. The van der Waals surface area contributed by atoms with E-state index in [1.807, 2.05) is 0 Å². The van der Waals surface area contributed by atoms with Gasteiger partial charge in [0.05, 0.1) is 5.01 Å². The van der Waals surface area contributed by atoms with Gasteiger partial charge in [-0.25, -0.2) is 4.98 Å². The van der Waals surface area contributed by atoms with Crippen LogP contribution in [0.4, 0.5) is 0 Å². The van der Waals surface area contributed by atoms with Crippen molar-refractivity contribution in [1.29, 1.82) is 0 Å². The summed E-state index contributed by atoms with van der Waals surface area (Å²) >= 11 is 1.59. The average molecular weight is 293 g/mol. The van der Waals surface area contributed by atoms with Crippen molar-refractivity contribution in [3.05, 3.63) is 16.1 Å². The first-order valence-corrected chi connectivity index (χ1v) is 8.61. The minimum atomic E-state index is -0.410. The quantitative estimate of drug-likeness (QED) is 0.932. The molecule has 2 heterocycles. The van der Waals surface area contributed by atoms with Crippen molar-refractivity contribution in [2.75, 3.05) is 13.1 Å². The second-order valence-corrected chi connectivity index (χ2v) is 6.93. The van der Waals surface area contributed by atoms with Crippen molar-refractivity contribution in [2.45, 2.75) is 56.9 Å². The molecule has 0 unspecified atom stereocenters. The molecule has 1 saturated carbocycles. The highest BCUT2D eigenvalue weighted by atomic mass is 32.1. The number of hydrogen-bond acceptors (Lipinski definition) is 4. The van der Waals surface area contributed by atoms with Gasteiger partial charge in [-0.2, -0.15) is 0 Å². The van der Waals surface area contributed by atoms with Gasteiger partial charge in [-0.3, -0.25) is 4.79 Å². The van der Waals surface area contributed by atoms with E-state index in [1.54, 1.807) is 16.7 Å². The maximum absolute atomic E-state index is 11.1. The molecule has 110 valence electrons. The molecule has 2 N–H and O–H groups in total. The second-order valence-electron chi connectivity index (χ2n) is 6.04. The van der Waals surface area contributed by atoms with Crippen molar-refractivity contribution in [3.63, 3.8) is 0 Å². The van der Waals surface area contributed by atoms with E-state index < -0.39 is 5.91 Å². The molecule has 0 radical (unpaired) electrons. The van der Waals surface area contributed by atoms with E-state index in [9.17, 15) is 4.79 Å². The molecule has 1 saturated heterocycles. The van der Waals surface area contributed by atoms with Gasteiger partial charge in [-0.05, 0) is 38.8 Å².